The van der Waals surface area contributed by atoms with E-state index in [1.165, 1.54) is 19.2 Å². The number of anilines is 1. The highest BCUT2D eigenvalue weighted by Crippen LogP contribution is 2.44. The highest BCUT2D eigenvalue weighted by atomic mass is 19.4. The molecular formula is C30H26F3NO5. The molecule has 1 aliphatic heterocycles. The fourth-order valence-electron chi connectivity index (χ4n) is 4.71. The van der Waals surface area contributed by atoms with Gasteiger partial charge in [-0.05, 0) is 60.4 Å². The van der Waals surface area contributed by atoms with Gasteiger partial charge in [-0.1, -0.05) is 38.1 Å². The van der Waals surface area contributed by atoms with Gasteiger partial charge in [-0.25, -0.2) is 0 Å². The zero-order valence-corrected chi connectivity index (χ0v) is 21.5. The Kier molecular flexibility index (Phi) is 6.84. The van der Waals surface area contributed by atoms with Crippen molar-refractivity contribution in [1.82, 2.24) is 0 Å². The maximum Gasteiger partial charge on any atom is 0.416 e. The minimum Gasteiger partial charge on any atom is -0.493 e. The van der Waals surface area contributed by atoms with Gasteiger partial charge in [0.25, 0.3) is 5.91 Å². The van der Waals surface area contributed by atoms with Crippen LogP contribution >= 0.6 is 0 Å². The summed E-state index contributed by atoms with van der Waals surface area (Å²) in [6, 6.07) is 14.9. The number of hydrogen-bond donors (Lipinski definition) is 0. The van der Waals surface area contributed by atoms with Gasteiger partial charge in [-0.15, -0.1) is 0 Å². The van der Waals surface area contributed by atoms with Crippen LogP contribution < -0.4 is 19.8 Å². The molecule has 5 rings (SSSR count). The van der Waals surface area contributed by atoms with Gasteiger partial charge < -0.3 is 13.9 Å². The van der Waals surface area contributed by atoms with Gasteiger partial charge in [-0.2, -0.15) is 13.2 Å². The van der Waals surface area contributed by atoms with Crippen LogP contribution in [0, 0.1) is 5.92 Å². The third-order valence-electron chi connectivity index (χ3n) is 6.69. The molecule has 0 N–H and O–H groups in total. The molecule has 0 radical (unpaired) electrons. The minimum absolute atomic E-state index is 0.0223. The molecule has 4 aromatic rings. The number of benzene rings is 3. The van der Waals surface area contributed by atoms with Gasteiger partial charge in [-0.3, -0.25) is 14.5 Å². The average molecular weight is 538 g/mol. The molecule has 9 heteroatoms. The first-order valence-corrected chi connectivity index (χ1v) is 12.5. The standard InChI is InChI=1S/C30H26F3NO5/c1-17(2)13-14-38-23-12-11-18(15-24(23)37-3)26-25-27(35)21-9-4-5-10-22(21)39-28(25)29(36)34(26)20-8-6-7-19(16-20)30(31,32)33/h4-12,15-17,26H,13-14H2,1-3H3. The number of carbonyl (C=O) groups excluding carboxylic acids is 1. The molecule has 0 saturated heterocycles. The van der Waals surface area contributed by atoms with E-state index in [4.69, 9.17) is 13.9 Å². The number of halogens is 3. The van der Waals surface area contributed by atoms with Crippen molar-refractivity contribution in [3.63, 3.8) is 0 Å². The van der Waals surface area contributed by atoms with Gasteiger partial charge >= 0.3 is 6.18 Å². The van der Waals surface area contributed by atoms with Crippen molar-refractivity contribution >= 4 is 22.6 Å². The van der Waals surface area contributed by atoms with Gasteiger partial charge in [0.15, 0.2) is 16.9 Å². The second kappa shape index (κ2) is 10.1. The van der Waals surface area contributed by atoms with Crippen LogP contribution in [-0.2, 0) is 6.18 Å². The monoisotopic (exact) mass is 537 g/mol. The van der Waals surface area contributed by atoms with Crippen molar-refractivity contribution in [2.45, 2.75) is 32.5 Å². The van der Waals surface area contributed by atoms with Gasteiger partial charge in [0, 0.05) is 5.69 Å². The quantitative estimate of drug-likeness (QED) is 0.254. The van der Waals surface area contributed by atoms with Crippen molar-refractivity contribution in [3.05, 3.63) is 99.4 Å². The number of carbonyl (C=O) groups is 1. The predicted molar refractivity (Wildman–Crippen MR) is 141 cm³/mol. The zero-order chi connectivity index (χ0) is 27.9. The van der Waals surface area contributed by atoms with Crippen LogP contribution in [-0.4, -0.2) is 19.6 Å². The van der Waals surface area contributed by atoms with E-state index in [2.05, 4.69) is 13.8 Å². The third-order valence-corrected chi connectivity index (χ3v) is 6.69. The molecule has 202 valence electrons. The van der Waals surface area contributed by atoms with Crippen LogP contribution in [0.5, 0.6) is 11.5 Å². The zero-order valence-electron chi connectivity index (χ0n) is 21.5. The van der Waals surface area contributed by atoms with Gasteiger partial charge in [0.2, 0.25) is 5.76 Å². The number of nitrogens with zero attached hydrogens (tertiary/aromatic N) is 1. The lowest BCUT2D eigenvalue weighted by Crippen LogP contribution is -2.29. The number of alkyl halides is 3. The molecule has 0 fully saturated rings. The van der Waals surface area contributed by atoms with E-state index in [9.17, 15) is 22.8 Å². The van der Waals surface area contributed by atoms with Gasteiger partial charge in [0.1, 0.15) is 5.58 Å². The molecule has 0 spiro atoms. The normalized spacial score (nSPS) is 15.2. The number of amides is 1. The number of fused-ring (bicyclic) bond motifs is 2. The molecule has 1 atom stereocenters. The molecule has 39 heavy (non-hydrogen) atoms. The average Bonchev–Trinajstić information content (AvgIpc) is 3.20. The topological polar surface area (TPSA) is 69.0 Å². The summed E-state index contributed by atoms with van der Waals surface area (Å²) in [5.74, 6) is 0.353. The SMILES string of the molecule is COc1cc(C2c3c(oc4ccccc4c3=O)C(=O)N2c2cccc(C(F)(F)F)c2)ccc1OCCC(C)C. The molecule has 1 aliphatic rings. The molecule has 1 unspecified atom stereocenters. The van der Waals surface area contributed by atoms with Crippen molar-refractivity contribution in [1.29, 1.82) is 0 Å². The van der Waals surface area contributed by atoms with Crippen LogP contribution in [0.25, 0.3) is 11.0 Å². The Morgan fingerprint density at radius 3 is 2.46 bits per heavy atom. The lowest BCUT2D eigenvalue weighted by atomic mass is 9.97. The molecule has 6 nitrogen and oxygen atoms in total. The molecular weight excluding hydrogens is 511 g/mol. The Morgan fingerprint density at radius 1 is 0.974 bits per heavy atom. The number of rotatable bonds is 7. The van der Waals surface area contributed by atoms with Crippen LogP contribution in [0.3, 0.4) is 0 Å². The smallest absolute Gasteiger partial charge is 0.416 e. The number of para-hydroxylation sites is 1. The minimum atomic E-state index is -4.62. The van der Waals surface area contributed by atoms with Crippen LogP contribution in [0.2, 0.25) is 0 Å². The second-order valence-corrected chi connectivity index (χ2v) is 9.74. The van der Waals surface area contributed by atoms with Crippen LogP contribution in [0.4, 0.5) is 18.9 Å². The van der Waals surface area contributed by atoms with Crippen LogP contribution in [0.1, 0.15) is 53.6 Å². The Balaban J connectivity index is 1.69. The van der Waals surface area contributed by atoms with E-state index in [1.54, 1.807) is 42.5 Å². The lowest BCUT2D eigenvalue weighted by Gasteiger charge is -2.26. The van der Waals surface area contributed by atoms with Crippen molar-refractivity contribution in [2.75, 3.05) is 18.6 Å². The first kappa shape index (κ1) is 26.3. The van der Waals surface area contributed by atoms with Crippen LogP contribution in [0.15, 0.2) is 75.9 Å². The first-order chi connectivity index (χ1) is 18.6. The van der Waals surface area contributed by atoms with Gasteiger partial charge in [0.05, 0.1) is 36.3 Å². The van der Waals surface area contributed by atoms with E-state index >= 15 is 0 Å². The first-order valence-electron chi connectivity index (χ1n) is 12.5. The highest BCUT2D eigenvalue weighted by Gasteiger charge is 2.44. The predicted octanol–water partition coefficient (Wildman–Crippen LogP) is 7.00. The molecule has 0 aliphatic carbocycles. The molecule has 1 amide bonds. The Hall–Kier alpha value is -4.27. The van der Waals surface area contributed by atoms with E-state index in [1.807, 2.05) is 0 Å². The van der Waals surface area contributed by atoms with E-state index in [0.29, 0.717) is 29.6 Å². The largest absolute Gasteiger partial charge is 0.493 e. The van der Waals surface area contributed by atoms with E-state index < -0.39 is 29.1 Å². The number of ether oxygens (including phenoxy) is 2. The summed E-state index contributed by atoms with van der Waals surface area (Å²) in [7, 11) is 1.47. The summed E-state index contributed by atoms with van der Waals surface area (Å²) >= 11 is 0. The highest BCUT2D eigenvalue weighted by molar-refractivity contribution is 6.10. The molecule has 0 saturated carbocycles. The fraction of sp³-hybridized carbons (Fsp3) is 0.267. The second-order valence-electron chi connectivity index (χ2n) is 9.74. The van der Waals surface area contributed by atoms with Crippen molar-refractivity contribution in [3.8, 4) is 11.5 Å². The summed E-state index contributed by atoms with van der Waals surface area (Å²) in [4.78, 5) is 28.6. The maximum absolute atomic E-state index is 13.7. The van der Waals surface area contributed by atoms with E-state index in [-0.39, 0.29) is 28.0 Å². The molecule has 1 aromatic heterocycles. The lowest BCUT2D eigenvalue weighted by molar-refractivity contribution is -0.137. The molecule has 0 bridgehead atoms. The fourth-order valence-corrected chi connectivity index (χ4v) is 4.71. The summed E-state index contributed by atoms with van der Waals surface area (Å²) in [6.07, 6.45) is -3.80. The third kappa shape index (κ3) is 4.84. The number of methoxy groups -OCH3 is 1. The van der Waals surface area contributed by atoms with E-state index in [0.717, 1.165) is 23.5 Å². The number of hydrogen-bond acceptors (Lipinski definition) is 5. The van der Waals surface area contributed by atoms with Crippen molar-refractivity contribution in [2.24, 2.45) is 5.92 Å². The molecule has 2 heterocycles. The maximum atomic E-state index is 13.7. The Bertz CT molecular complexity index is 1610. The summed E-state index contributed by atoms with van der Waals surface area (Å²) in [5, 5.41) is 0.264. The van der Waals surface area contributed by atoms with Crippen molar-refractivity contribution < 1.29 is 31.9 Å². The Labute approximate surface area is 222 Å². The summed E-state index contributed by atoms with van der Waals surface area (Å²) in [6.45, 7) is 4.62. The molecule has 3 aromatic carbocycles. The summed E-state index contributed by atoms with van der Waals surface area (Å²) in [5.41, 5.74) is -0.659. The summed E-state index contributed by atoms with van der Waals surface area (Å²) < 4.78 is 58.1. The Morgan fingerprint density at radius 2 is 1.74 bits per heavy atom.